The first-order valence-electron chi connectivity index (χ1n) is 6.84. The van der Waals surface area contributed by atoms with E-state index in [1.54, 1.807) is 4.90 Å². The van der Waals surface area contributed by atoms with Crippen LogP contribution in [-0.2, 0) is 15.2 Å². The van der Waals surface area contributed by atoms with Gasteiger partial charge in [0.1, 0.15) is 5.75 Å². The summed E-state index contributed by atoms with van der Waals surface area (Å²) in [6.07, 6.45) is 2.15. The third-order valence-corrected chi connectivity index (χ3v) is 4.02. The zero-order chi connectivity index (χ0) is 15.7. The number of benzene rings is 1. The van der Waals surface area contributed by atoms with Gasteiger partial charge < -0.3 is 19.1 Å². The summed E-state index contributed by atoms with van der Waals surface area (Å²) in [5.74, 6) is -0.162. The number of carbonyl (C=O) groups is 1. The van der Waals surface area contributed by atoms with Gasteiger partial charge in [0, 0.05) is 18.8 Å². The summed E-state index contributed by atoms with van der Waals surface area (Å²) >= 11 is 0. The average molecular weight is 330 g/mol. The van der Waals surface area contributed by atoms with E-state index in [0.717, 1.165) is 12.8 Å². The summed E-state index contributed by atoms with van der Waals surface area (Å²) in [6, 6.07) is 5.15. The highest BCUT2D eigenvalue weighted by molar-refractivity contribution is 7.81. The molecule has 0 radical (unpaired) electrons. The molecule has 22 heavy (non-hydrogen) atoms. The number of urea groups is 1. The Morgan fingerprint density at radius 1 is 1.23 bits per heavy atom. The zero-order valence-corrected chi connectivity index (χ0v) is 12.4. The number of ether oxygens (including phenoxy) is 1. The van der Waals surface area contributed by atoms with Crippen molar-refractivity contribution in [2.45, 2.75) is 25.0 Å². The van der Waals surface area contributed by atoms with E-state index in [9.17, 15) is 17.1 Å². The van der Waals surface area contributed by atoms with Gasteiger partial charge in [-0.2, -0.15) is 8.42 Å². The van der Waals surface area contributed by atoms with Crippen LogP contribution in [0.5, 0.6) is 5.75 Å². The quantitative estimate of drug-likeness (QED) is 0.852. The van der Waals surface area contributed by atoms with Crippen LogP contribution in [0, 0.1) is 0 Å². The largest absolute Gasteiger partial charge is 0.488 e. The molecule has 2 aliphatic rings. The van der Waals surface area contributed by atoms with Gasteiger partial charge in [-0.05, 0) is 37.1 Å². The predicted octanol–water partition coefficient (Wildman–Crippen LogP) is 1.67. The van der Waals surface area contributed by atoms with Gasteiger partial charge in [-0.15, -0.1) is 0 Å². The van der Waals surface area contributed by atoms with Crippen LogP contribution in [0.2, 0.25) is 0 Å². The van der Waals surface area contributed by atoms with Gasteiger partial charge in [0.25, 0.3) is 0 Å². The Kier molecular flexibility index (Phi) is 3.92. The summed E-state index contributed by atoms with van der Waals surface area (Å²) in [4.78, 5) is 13.9. The van der Waals surface area contributed by atoms with Crippen LogP contribution in [0.1, 0.15) is 12.8 Å². The minimum absolute atomic E-state index is 0.107. The lowest BCUT2D eigenvalue weighted by Gasteiger charge is -2.32. The number of fused-ring (bicyclic) bond motifs is 2. The first-order chi connectivity index (χ1) is 10.4. The normalized spacial score (nSPS) is 24.1. The van der Waals surface area contributed by atoms with Crippen molar-refractivity contribution in [3.63, 3.8) is 0 Å². The van der Waals surface area contributed by atoms with Gasteiger partial charge in [-0.3, -0.25) is 0 Å². The number of carbonyl (C=O) groups excluding carboxylic acids is 1. The van der Waals surface area contributed by atoms with Crippen LogP contribution in [0.3, 0.4) is 0 Å². The molecule has 120 valence electrons. The highest BCUT2D eigenvalue weighted by Gasteiger charge is 2.35. The van der Waals surface area contributed by atoms with E-state index in [0.29, 0.717) is 18.8 Å². The van der Waals surface area contributed by atoms with Gasteiger partial charge in [-0.25, -0.2) is 4.79 Å². The topological polar surface area (TPSA) is 84.9 Å². The Bertz CT molecular complexity index is 652. The Balaban J connectivity index is 1.59. The van der Waals surface area contributed by atoms with Crippen LogP contribution < -0.4 is 9.50 Å². The summed E-state index contributed by atoms with van der Waals surface area (Å²) in [5.41, 5.74) is 0.465. The molecule has 9 heteroatoms. The maximum atomic E-state index is 12.4. The molecular formula is C13H15FN2O5S. The highest BCUT2D eigenvalue weighted by Crippen LogP contribution is 2.26. The number of anilines is 1. The Morgan fingerprint density at radius 3 is 2.36 bits per heavy atom. The first-order valence-corrected chi connectivity index (χ1v) is 8.15. The smallest absolute Gasteiger partial charge is 0.371 e. The summed E-state index contributed by atoms with van der Waals surface area (Å²) < 4.78 is 42.8. The Morgan fingerprint density at radius 2 is 1.82 bits per heavy atom. The lowest BCUT2D eigenvalue weighted by molar-refractivity contribution is -0.0219. The fourth-order valence-electron chi connectivity index (χ4n) is 2.69. The molecule has 2 bridgehead atoms. The molecule has 3 rings (SSSR count). The van der Waals surface area contributed by atoms with Crippen molar-refractivity contribution in [1.29, 1.82) is 0 Å². The van der Waals surface area contributed by atoms with E-state index in [4.69, 9.17) is 4.74 Å². The number of amides is 2. The number of hydrogen-bond acceptors (Lipinski definition) is 5. The van der Waals surface area contributed by atoms with Crippen molar-refractivity contribution in [2.24, 2.45) is 0 Å². The molecule has 1 aromatic carbocycles. The fraction of sp³-hybridized carbons (Fsp3) is 0.462. The molecule has 2 saturated heterocycles. The average Bonchev–Trinajstić information content (AvgIpc) is 2.78. The molecule has 0 spiro atoms. The zero-order valence-electron chi connectivity index (χ0n) is 11.6. The van der Waals surface area contributed by atoms with Crippen LogP contribution in [-0.4, -0.2) is 44.6 Å². The molecule has 1 N–H and O–H groups in total. The van der Waals surface area contributed by atoms with Gasteiger partial charge in [0.15, 0.2) is 0 Å². The van der Waals surface area contributed by atoms with E-state index in [1.807, 2.05) is 0 Å². The molecule has 2 amide bonds. The van der Waals surface area contributed by atoms with Gasteiger partial charge in [0.2, 0.25) is 0 Å². The molecular weight excluding hydrogens is 315 g/mol. The van der Waals surface area contributed by atoms with Crippen molar-refractivity contribution >= 4 is 22.2 Å². The van der Waals surface area contributed by atoms with E-state index in [1.165, 1.54) is 24.3 Å². The second kappa shape index (κ2) is 5.73. The number of nitrogens with one attached hydrogen (secondary N) is 1. The minimum Gasteiger partial charge on any atom is -0.371 e. The van der Waals surface area contributed by atoms with E-state index >= 15 is 0 Å². The third kappa shape index (κ3) is 3.66. The number of rotatable bonds is 3. The number of hydrogen-bond donors (Lipinski definition) is 1. The van der Waals surface area contributed by atoms with Gasteiger partial charge in [-0.1, -0.05) is 3.89 Å². The van der Waals surface area contributed by atoms with Gasteiger partial charge >= 0.3 is 16.5 Å². The third-order valence-electron chi connectivity index (χ3n) is 3.63. The summed E-state index contributed by atoms with van der Waals surface area (Å²) in [6.45, 7) is 1.12. The van der Waals surface area contributed by atoms with Crippen molar-refractivity contribution in [2.75, 3.05) is 18.4 Å². The second-order valence-corrected chi connectivity index (χ2v) is 6.25. The maximum Gasteiger partial charge on any atom is 0.488 e. The SMILES string of the molecule is O=C(Nc1ccc(OS(=O)(=O)F)cc1)N1CC2CCC(C1)O2. The lowest BCUT2D eigenvalue weighted by atomic mass is 10.2. The maximum absolute atomic E-state index is 12.4. The number of morpholine rings is 1. The van der Waals surface area contributed by atoms with Crippen LogP contribution in [0.4, 0.5) is 14.4 Å². The molecule has 0 saturated carbocycles. The lowest BCUT2D eigenvalue weighted by Crippen LogP contribution is -2.47. The Hall–Kier alpha value is -1.87. The molecule has 2 atom stereocenters. The molecule has 0 aromatic heterocycles. The summed E-state index contributed by atoms with van der Waals surface area (Å²) in [5, 5.41) is 2.70. The molecule has 1 aromatic rings. The molecule has 2 fully saturated rings. The van der Waals surface area contributed by atoms with Crippen molar-refractivity contribution < 1.29 is 26.0 Å². The minimum atomic E-state index is -5.05. The number of halogens is 1. The molecule has 2 aliphatic heterocycles. The van der Waals surface area contributed by atoms with E-state index < -0.39 is 10.5 Å². The number of likely N-dealkylation sites (tertiary alicyclic amines) is 1. The van der Waals surface area contributed by atoms with Crippen molar-refractivity contribution in [3.8, 4) is 5.75 Å². The monoisotopic (exact) mass is 330 g/mol. The van der Waals surface area contributed by atoms with Crippen LogP contribution in [0.15, 0.2) is 24.3 Å². The highest BCUT2D eigenvalue weighted by atomic mass is 32.3. The van der Waals surface area contributed by atoms with Gasteiger partial charge in [0.05, 0.1) is 12.2 Å². The molecule has 2 unspecified atom stereocenters. The van der Waals surface area contributed by atoms with Crippen LogP contribution >= 0.6 is 0 Å². The Labute approximate surface area is 127 Å². The second-order valence-electron chi connectivity index (χ2n) is 5.29. The fourth-order valence-corrected chi connectivity index (χ4v) is 3.03. The van der Waals surface area contributed by atoms with Crippen molar-refractivity contribution in [3.05, 3.63) is 24.3 Å². The van der Waals surface area contributed by atoms with Crippen molar-refractivity contribution in [1.82, 2.24) is 4.90 Å². The standard InChI is InChI=1S/C13H15FN2O5S/c14-22(18,19)21-10-3-1-9(2-4-10)15-13(17)16-7-11-5-6-12(8-16)20-11/h1-4,11-12H,5-8H2,(H,15,17). The predicted molar refractivity (Wildman–Crippen MR) is 75.6 cm³/mol. The molecule has 0 aliphatic carbocycles. The summed E-state index contributed by atoms with van der Waals surface area (Å²) in [7, 11) is -5.05. The van der Waals surface area contributed by atoms with E-state index in [2.05, 4.69) is 9.50 Å². The molecule has 7 nitrogen and oxygen atoms in total. The molecule has 2 heterocycles. The first kappa shape index (κ1) is 15.0. The number of nitrogens with zero attached hydrogens (tertiary/aromatic N) is 1. The van der Waals surface area contributed by atoms with E-state index in [-0.39, 0.29) is 24.0 Å². The van der Waals surface area contributed by atoms with Crippen LogP contribution in [0.25, 0.3) is 0 Å².